The number of nitrogens with zero attached hydrogens (tertiary/aromatic N) is 2. The largest absolute Gasteiger partial charge is 1.00 e. The van der Waals surface area contributed by atoms with Crippen LogP contribution in [0.5, 0.6) is 5.75 Å². The summed E-state index contributed by atoms with van der Waals surface area (Å²) < 4.78 is 5.27. The second-order valence-corrected chi connectivity index (χ2v) is 2.65. The quantitative estimate of drug-likeness (QED) is 0.440. The Bertz CT molecular complexity index is 453. The van der Waals surface area contributed by atoms with E-state index in [0.717, 1.165) is 5.69 Å². The van der Waals surface area contributed by atoms with Gasteiger partial charge in [0.25, 0.3) is 0 Å². The van der Waals surface area contributed by atoms with Crippen LogP contribution >= 0.6 is 0 Å². The Labute approximate surface area is 130 Å². The van der Waals surface area contributed by atoms with Gasteiger partial charge in [0.15, 0.2) is 11.3 Å². The third kappa shape index (κ3) is 2.40. The molecule has 1 aliphatic heterocycles. The molecule has 5 heteroatoms. The molecule has 1 aliphatic rings. The first kappa shape index (κ1) is 12.2. The van der Waals surface area contributed by atoms with Gasteiger partial charge in [0.1, 0.15) is 12.1 Å². The molecule has 0 fully saturated rings. The fourth-order valence-electron chi connectivity index (χ4n) is 1.16. The van der Waals surface area contributed by atoms with Gasteiger partial charge in [-0.25, -0.2) is 0 Å². The minimum Gasteiger partial charge on any atom is -0.437 e. The molecule has 0 bridgehead atoms. The summed E-state index contributed by atoms with van der Waals surface area (Å²) in [4.78, 5) is 0. The van der Waals surface area contributed by atoms with Crippen molar-refractivity contribution in [3.8, 4) is 17.9 Å². The summed E-state index contributed by atoms with van der Waals surface area (Å²) in [5.74, 6) is 0.835. The minimum absolute atomic E-state index is 0. The number of allylic oxidation sites excluding steroid dienone is 1. The van der Waals surface area contributed by atoms with Crippen LogP contribution in [0.25, 0.3) is 0 Å². The first-order valence-electron chi connectivity index (χ1n) is 3.93. The molecule has 66 valence electrons. The fraction of sp³-hybridized carbons (Fsp3) is 0. The SMILES string of the molecule is N#CC(C#N)=C1Nc2ccccc2O1.[K+]. The van der Waals surface area contributed by atoms with Gasteiger partial charge in [-0.05, 0) is 12.1 Å². The number of para-hydroxylation sites is 2. The van der Waals surface area contributed by atoms with Crippen molar-refractivity contribution in [1.82, 2.24) is 0 Å². The zero-order valence-electron chi connectivity index (χ0n) is 8.11. The van der Waals surface area contributed by atoms with Crippen molar-refractivity contribution in [3.05, 3.63) is 35.7 Å². The zero-order valence-corrected chi connectivity index (χ0v) is 11.2. The number of benzene rings is 1. The summed E-state index contributed by atoms with van der Waals surface area (Å²) in [6, 6.07) is 10.8. The third-order valence-corrected chi connectivity index (χ3v) is 1.80. The average Bonchev–Trinajstić information content (AvgIpc) is 2.63. The zero-order chi connectivity index (χ0) is 9.97. The van der Waals surface area contributed by atoms with Crippen molar-refractivity contribution in [2.24, 2.45) is 0 Å². The average molecular weight is 222 g/mol. The van der Waals surface area contributed by atoms with Crippen molar-refractivity contribution in [1.29, 1.82) is 10.5 Å². The Kier molecular flexibility index (Phi) is 4.34. The maximum absolute atomic E-state index is 8.62. The van der Waals surface area contributed by atoms with Crippen LogP contribution in [0.2, 0.25) is 0 Å². The molecule has 4 nitrogen and oxygen atoms in total. The van der Waals surface area contributed by atoms with Crippen molar-refractivity contribution in [3.63, 3.8) is 0 Å². The predicted molar refractivity (Wildman–Crippen MR) is 48.9 cm³/mol. The molecule has 15 heavy (non-hydrogen) atoms. The van der Waals surface area contributed by atoms with E-state index in [4.69, 9.17) is 15.3 Å². The molecule has 1 N–H and O–H groups in total. The monoisotopic (exact) mass is 222 g/mol. The summed E-state index contributed by atoms with van der Waals surface area (Å²) in [6.45, 7) is 0. The second-order valence-electron chi connectivity index (χ2n) is 2.65. The van der Waals surface area contributed by atoms with Gasteiger partial charge in [0, 0.05) is 0 Å². The van der Waals surface area contributed by atoms with Crippen molar-refractivity contribution < 1.29 is 56.1 Å². The maximum Gasteiger partial charge on any atom is 1.00 e. The number of hydrogen-bond acceptors (Lipinski definition) is 4. The standard InChI is InChI=1S/C10H5N3O.K/c11-5-7(6-12)10-13-8-3-1-2-4-9(8)14-10;/h1-4,13H;/q;+1. The summed E-state index contributed by atoms with van der Waals surface area (Å²) >= 11 is 0. The molecule has 1 aromatic rings. The van der Waals surface area contributed by atoms with E-state index < -0.39 is 0 Å². The smallest absolute Gasteiger partial charge is 0.437 e. The Hall–Kier alpha value is -0.824. The summed E-state index contributed by atoms with van der Waals surface area (Å²) in [7, 11) is 0. The number of anilines is 1. The molecule has 1 heterocycles. The fourth-order valence-corrected chi connectivity index (χ4v) is 1.16. The second kappa shape index (κ2) is 5.31. The van der Waals surface area contributed by atoms with Crippen LogP contribution in [0.1, 0.15) is 0 Å². The van der Waals surface area contributed by atoms with Crippen LogP contribution in [0.4, 0.5) is 5.69 Å². The molecule has 0 aromatic heterocycles. The van der Waals surface area contributed by atoms with E-state index >= 15 is 0 Å². The van der Waals surface area contributed by atoms with Gasteiger partial charge in [-0.3, -0.25) is 0 Å². The van der Waals surface area contributed by atoms with Crippen molar-refractivity contribution in [2.75, 3.05) is 5.32 Å². The summed E-state index contributed by atoms with van der Waals surface area (Å²) in [6.07, 6.45) is 0. The van der Waals surface area contributed by atoms with Gasteiger partial charge in [0.05, 0.1) is 5.69 Å². The van der Waals surface area contributed by atoms with Gasteiger partial charge in [0.2, 0.25) is 5.88 Å². The minimum atomic E-state index is -0.0544. The maximum atomic E-state index is 8.62. The third-order valence-electron chi connectivity index (χ3n) is 1.80. The first-order valence-corrected chi connectivity index (χ1v) is 3.93. The number of nitriles is 2. The van der Waals surface area contributed by atoms with Gasteiger partial charge < -0.3 is 10.1 Å². The van der Waals surface area contributed by atoms with Crippen molar-refractivity contribution in [2.45, 2.75) is 0 Å². The molecule has 0 aliphatic carbocycles. The topological polar surface area (TPSA) is 68.8 Å². The van der Waals surface area contributed by atoms with Crippen LogP contribution < -0.4 is 61.4 Å². The number of ether oxygens (including phenoxy) is 1. The first-order chi connectivity index (χ1) is 6.85. The number of hydrogen-bond donors (Lipinski definition) is 1. The molecular formula is C10H5KN3O+. The van der Waals surface area contributed by atoms with E-state index in [-0.39, 0.29) is 62.8 Å². The van der Waals surface area contributed by atoms with Crippen LogP contribution in [0.15, 0.2) is 35.7 Å². The molecule has 0 amide bonds. The molecular weight excluding hydrogens is 217 g/mol. The molecule has 0 radical (unpaired) electrons. The van der Waals surface area contributed by atoms with Gasteiger partial charge >= 0.3 is 51.4 Å². The number of rotatable bonds is 0. The summed E-state index contributed by atoms with van der Waals surface area (Å²) in [5.41, 5.74) is 0.715. The Morgan fingerprint density at radius 3 is 2.47 bits per heavy atom. The van der Waals surface area contributed by atoms with Crippen LogP contribution in [0.3, 0.4) is 0 Å². The number of fused-ring (bicyclic) bond motifs is 1. The normalized spacial score (nSPS) is 10.9. The van der Waals surface area contributed by atoms with E-state index in [1.165, 1.54) is 0 Å². The molecule has 0 atom stereocenters. The molecule has 0 spiro atoms. The van der Waals surface area contributed by atoms with Gasteiger partial charge in [-0.15, -0.1) is 0 Å². The molecule has 1 aromatic carbocycles. The summed E-state index contributed by atoms with van der Waals surface area (Å²) in [5, 5.41) is 20.1. The van der Waals surface area contributed by atoms with Gasteiger partial charge in [-0.2, -0.15) is 10.5 Å². The van der Waals surface area contributed by atoms with Crippen LogP contribution in [-0.4, -0.2) is 0 Å². The van der Waals surface area contributed by atoms with E-state index in [1.54, 1.807) is 18.2 Å². The van der Waals surface area contributed by atoms with E-state index in [1.807, 2.05) is 18.2 Å². The van der Waals surface area contributed by atoms with Crippen molar-refractivity contribution >= 4 is 5.69 Å². The number of nitrogens with one attached hydrogen (secondary N) is 1. The molecule has 2 rings (SSSR count). The Morgan fingerprint density at radius 2 is 1.87 bits per heavy atom. The predicted octanol–water partition coefficient (Wildman–Crippen LogP) is -1.25. The van der Waals surface area contributed by atoms with Crippen LogP contribution in [-0.2, 0) is 0 Å². The van der Waals surface area contributed by atoms with Crippen LogP contribution in [0, 0.1) is 22.7 Å². The van der Waals surface area contributed by atoms with E-state index in [0.29, 0.717) is 5.75 Å². The molecule has 0 saturated heterocycles. The molecule has 0 unspecified atom stereocenters. The van der Waals surface area contributed by atoms with Gasteiger partial charge in [-0.1, -0.05) is 12.1 Å². The van der Waals surface area contributed by atoms with E-state index in [2.05, 4.69) is 5.32 Å². The molecule has 0 saturated carbocycles. The van der Waals surface area contributed by atoms with E-state index in [9.17, 15) is 0 Å². The Balaban J connectivity index is 0.00000112. The Morgan fingerprint density at radius 1 is 1.20 bits per heavy atom.